The van der Waals surface area contributed by atoms with Gasteiger partial charge >= 0.3 is 0 Å². The van der Waals surface area contributed by atoms with Crippen molar-refractivity contribution in [3.05, 3.63) is 23.8 Å². The Hall–Kier alpha value is -1.30. The first-order valence-corrected chi connectivity index (χ1v) is 6.42. The molecule has 0 radical (unpaired) electrons. The smallest absolute Gasteiger partial charge is 0.161 e. The van der Waals surface area contributed by atoms with Crippen LogP contribution in [0.4, 0.5) is 0 Å². The molecule has 0 fully saturated rings. The number of hydrogen-bond donors (Lipinski definition) is 2. The zero-order valence-corrected chi connectivity index (χ0v) is 11.6. The standard InChI is InChI=1S/C14H23NO4/c1-17-9-6-15-11-12-4-5-13(18-2)14(10-12)19-8-3-7-16/h4-5,10,15-16H,3,6-9,11H2,1-2H3. The maximum atomic E-state index is 8.76. The molecule has 1 aromatic rings. The maximum Gasteiger partial charge on any atom is 0.161 e. The van der Waals surface area contributed by atoms with Gasteiger partial charge in [0.15, 0.2) is 11.5 Å². The third kappa shape index (κ3) is 5.92. The van der Waals surface area contributed by atoms with Gasteiger partial charge < -0.3 is 24.6 Å². The highest BCUT2D eigenvalue weighted by molar-refractivity contribution is 5.42. The lowest BCUT2D eigenvalue weighted by Gasteiger charge is -2.12. The van der Waals surface area contributed by atoms with Gasteiger partial charge in [-0.1, -0.05) is 6.07 Å². The van der Waals surface area contributed by atoms with E-state index in [9.17, 15) is 0 Å². The molecule has 108 valence electrons. The van der Waals surface area contributed by atoms with E-state index in [2.05, 4.69) is 5.32 Å². The highest BCUT2D eigenvalue weighted by Crippen LogP contribution is 2.28. The quantitative estimate of drug-likeness (QED) is 0.625. The van der Waals surface area contributed by atoms with Gasteiger partial charge in [-0.05, 0) is 17.7 Å². The van der Waals surface area contributed by atoms with Gasteiger partial charge in [-0.3, -0.25) is 0 Å². The van der Waals surface area contributed by atoms with Crippen molar-refractivity contribution in [3.63, 3.8) is 0 Å². The molecule has 0 unspecified atom stereocenters. The van der Waals surface area contributed by atoms with E-state index in [1.54, 1.807) is 14.2 Å². The zero-order chi connectivity index (χ0) is 13.9. The first-order valence-electron chi connectivity index (χ1n) is 6.42. The number of ether oxygens (including phenoxy) is 3. The van der Waals surface area contributed by atoms with Gasteiger partial charge in [-0.2, -0.15) is 0 Å². The number of aliphatic hydroxyl groups is 1. The fourth-order valence-corrected chi connectivity index (χ4v) is 1.60. The Morgan fingerprint density at radius 3 is 2.68 bits per heavy atom. The topological polar surface area (TPSA) is 60.0 Å². The molecule has 0 bridgehead atoms. The number of nitrogens with one attached hydrogen (secondary N) is 1. The van der Waals surface area contributed by atoms with E-state index in [0.29, 0.717) is 31.1 Å². The molecule has 0 aliphatic carbocycles. The predicted molar refractivity (Wildman–Crippen MR) is 73.8 cm³/mol. The Morgan fingerprint density at radius 2 is 2.00 bits per heavy atom. The average Bonchev–Trinajstić information content (AvgIpc) is 2.44. The van der Waals surface area contributed by atoms with Crippen LogP contribution in [0.15, 0.2) is 18.2 Å². The second-order valence-electron chi connectivity index (χ2n) is 4.08. The van der Waals surface area contributed by atoms with E-state index < -0.39 is 0 Å². The van der Waals surface area contributed by atoms with Gasteiger partial charge in [0, 0.05) is 33.2 Å². The summed E-state index contributed by atoms with van der Waals surface area (Å²) in [5, 5.41) is 12.0. The van der Waals surface area contributed by atoms with Crippen LogP contribution in [0, 0.1) is 0 Å². The van der Waals surface area contributed by atoms with Gasteiger partial charge in [-0.25, -0.2) is 0 Å². The second kappa shape index (κ2) is 9.61. The summed E-state index contributed by atoms with van der Waals surface area (Å²) >= 11 is 0. The lowest BCUT2D eigenvalue weighted by molar-refractivity contribution is 0.199. The van der Waals surface area contributed by atoms with Crippen LogP contribution in [-0.4, -0.2) is 45.7 Å². The van der Waals surface area contributed by atoms with Crippen molar-refractivity contribution in [1.82, 2.24) is 5.32 Å². The first-order chi connectivity index (χ1) is 9.31. The normalized spacial score (nSPS) is 10.5. The molecule has 1 rings (SSSR count). The largest absolute Gasteiger partial charge is 0.493 e. The molecule has 1 aromatic carbocycles. The minimum atomic E-state index is 0.126. The lowest BCUT2D eigenvalue weighted by Crippen LogP contribution is -2.18. The Kier molecular flexibility index (Phi) is 7.97. The highest BCUT2D eigenvalue weighted by Gasteiger charge is 2.05. The van der Waals surface area contributed by atoms with E-state index in [4.69, 9.17) is 19.3 Å². The van der Waals surface area contributed by atoms with Crippen molar-refractivity contribution < 1.29 is 19.3 Å². The summed E-state index contributed by atoms with van der Waals surface area (Å²) in [7, 11) is 3.30. The van der Waals surface area contributed by atoms with Crippen LogP contribution in [0.2, 0.25) is 0 Å². The van der Waals surface area contributed by atoms with Crippen LogP contribution in [0.1, 0.15) is 12.0 Å². The van der Waals surface area contributed by atoms with Gasteiger partial charge in [0.05, 0.1) is 20.3 Å². The summed E-state index contributed by atoms with van der Waals surface area (Å²) in [6, 6.07) is 5.84. The van der Waals surface area contributed by atoms with Crippen molar-refractivity contribution in [2.45, 2.75) is 13.0 Å². The van der Waals surface area contributed by atoms with Crippen molar-refractivity contribution in [1.29, 1.82) is 0 Å². The first kappa shape index (κ1) is 15.8. The third-order valence-corrected chi connectivity index (χ3v) is 2.60. The second-order valence-corrected chi connectivity index (χ2v) is 4.08. The molecule has 19 heavy (non-hydrogen) atoms. The molecule has 5 nitrogen and oxygen atoms in total. The summed E-state index contributed by atoms with van der Waals surface area (Å²) in [6.07, 6.45) is 0.611. The van der Waals surface area contributed by atoms with Crippen LogP contribution in [0.3, 0.4) is 0 Å². The van der Waals surface area contributed by atoms with Gasteiger partial charge in [0.25, 0.3) is 0 Å². The van der Waals surface area contributed by atoms with Crippen LogP contribution in [0.5, 0.6) is 11.5 Å². The number of rotatable bonds is 10. The number of benzene rings is 1. The van der Waals surface area contributed by atoms with Crippen molar-refractivity contribution in [2.75, 3.05) is 40.6 Å². The van der Waals surface area contributed by atoms with E-state index in [1.807, 2.05) is 18.2 Å². The molecular weight excluding hydrogens is 246 g/mol. The van der Waals surface area contributed by atoms with Crippen LogP contribution >= 0.6 is 0 Å². The van der Waals surface area contributed by atoms with E-state index in [1.165, 1.54) is 0 Å². The molecule has 0 saturated carbocycles. The predicted octanol–water partition coefficient (Wildman–Crippen LogP) is 1.19. The van der Waals surface area contributed by atoms with Crippen molar-refractivity contribution in [3.8, 4) is 11.5 Å². The summed E-state index contributed by atoms with van der Waals surface area (Å²) in [5.41, 5.74) is 1.12. The molecule has 0 saturated heterocycles. The molecule has 0 atom stereocenters. The number of aliphatic hydroxyl groups excluding tert-OH is 1. The number of methoxy groups -OCH3 is 2. The van der Waals surface area contributed by atoms with Crippen molar-refractivity contribution in [2.24, 2.45) is 0 Å². The SMILES string of the molecule is COCCNCc1ccc(OC)c(OCCCO)c1. The van der Waals surface area contributed by atoms with Gasteiger partial charge in [0.2, 0.25) is 0 Å². The van der Waals surface area contributed by atoms with E-state index in [0.717, 1.165) is 18.7 Å². The third-order valence-electron chi connectivity index (χ3n) is 2.60. The summed E-state index contributed by atoms with van der Waals surface area (Å²) in [6.45, 7) is 2.86. The summed E-state index contributed by atoms with van der Waals surface area (Å²) in [4.78, 5) is 0. The molecule has 0 aliphatic heterocycles. The van der Waals surface area contributed by atoms with E-state index >= 15 is 0 Å². The maximum absolute atomic E-state index is 8.76. The Balaban J connectivity index is 2.55. The highest BCUT2D eigenvalue weighted by atomic mass is 16.5. The molecule has 2 N–H and O–H groups in total. The molecule has 0 spiro atoms. The monoisotopic (exact) mass is 269 g/mol. The Bertz CT molecular complexity index is 357. The summed E-state index contributed by atoms with van der Waals surface area (Å²) < 4.78 is 15.8. The minimum absolute atomic E-state index is 0.126. The Morgan fingerprint density at radius 1 is 1.16 bits per heavy atom. The van der Waals surface area contributed by atoms with Crippen LogP contribution in [0.25, 0.3) is 0 Å². The van der Waals surface area contributed by atoms with Crippen LogP contribution < -0.4 is 14.8 Å². The molecule has 0 aromatic heterocycles. The van der Waals surface area contributed by atoms with Crippen LogP contribution in [-0.2, 0) is 11.3 Å². The Labute approximate surface area is 114 Å². The molecule has 0 aliphatic rings. The van der Waals surface area contributed by atoms with E-state index in [-0.39, 0.29) is 6.61 Å². The fraction of sp³-hybridized carbons (Fsp3) is 0.571. The molecule has 0 heterocycles. The lowest BCUT2D eigenvalue weighted by atomic mass is 10.2. The molecular formula is C14H23NO4. The van der Waals surface area contributed by atoms with Gasteiger partial charge in [0.1, 0.15) is 0 Å². The summed E-state index contributed by atoms with van der Waals surface area (Å²) in [5.74, 6) is 1.42. The average molecular weight is 269 g/mol. The number of hydrogen-bond acceptors (Lipinski definition) is 5. The zero-order valence-electron chi connectivity index (χ0n) is 11.6. The fourth-order valence-electron chi connectivity index (χ4n) is 1.60. The van der Waals surface area contributed by atoms with Gasteiger partial charge in [-0.15, -0.1) is 0 Å². The minimum Gasteiger partial charge on any atom is -0.493 e. The molecule has 0 amide bonds. The van der Waals surface area contributed by atoms with Crippen molar-refractivity contribution >= 4 is 0 Å². The molecule has 5 heteroatoms.